The third-order valence-corrected chi connectivity index (χ3v) is 4.87. The topological polar surface area (TPSA) is 95.9 Å². The summed E-state index contributed by atoms with van der Waals surface area (Å²) in [7, 11) is 1.56. The molecule has 3 heterocycles. The fourth-order valence-corrected chi connectivity index (χ4v) is 3.20. The molecule has 1 fully saturated rings. The number of nitrogens with zero attached hydrogens (tertiary/aromatic N) is 4. The number of nitrogen functional groups attached to an aromatic ring is 1. The van der Waals surface area contributed by atoms with Crippen molar-refractivity contribution in [3.8, 4) is 17.0 Å². The summed E-state index contributed by atoms with van der Waals surface area (Å²) in [6, 6.07) is 5.43. The van der Waals surface area contributed by atoms with E-state index >= 15 is 0 Å². The summed E-state index contributed by atoms with van der Waals surface area (Å²) in [4.78, 5) is 26.0. The van der Waals surface area contributed by atoms with Crippen molar-refractivity contribution in [3.63, 3.8) is 0 Å². The second-order valence-corrected chi connectivity index (χ2v) is 6.74. The zero-order chi connectivity index (χ0) is 18.3. The van der Waals surface area contributed by atoms with E-state index in [0.29, 0.717) is 29.6 Å². The first-order valence-electron chi connectivity index (χ1n) is 8.75. The Morgan fingerprint density at radius 2 is 2.12 bits per heavy atom. The molecule has 1 aliphatic rings. The van der Waals surface area contributed by atoms with Gasteiger partial charge in [-0.3, -0.25) is 9.36 Å². The fraction of sp³-hybridized carbons (Fsp3) is 0.368. The summed E-state index contributed by atoms with van der Waals surface area (Å²) in [5, 5.41) is 0.834. The van der Waals surface area contributed by atoms with E-state index in [2.05, 4.69) is 15.0 Å². The lowest BCUT2D eigenvalue weighted by atomic mass is 10.1. The number of aryl methyl sites for hydroxylation is 2. The quantitative estimate of drug-likeness (QED) is 0.759. The molecule has 3 aromatic rings. The molecule has 0 saturated heterocycles. The second kappa shape index (κ2) is 6.40. The number of ether oxygens (including phenoxy) is 1. The minimum atomic E-state index is -0.0809. The van der Waals surface area contributed by atoms with Gasteiger partial charge in [0, 0.05) is 35.3 Å². The van der Waals surface area contributed by atoms with Crippen molar-refractivity contribution in [1.82, 2.24) is 19.5 Å². The Labute approximate surface area is 150 Å². The lowest BCUT2D eigenvalue weighted by molar-refractivity contribution is 0.398. The van der Waals surface area contributed by atoms with Crippen LogP contribution in [0.5, 0.6) is 5.88 Å². The zero-order valence-electron chi connectivity index (χ0n) is 14.9. The van der Waals surface area contributed by atoms with Crippen molar-refractivity contribution < 1.29 is 4.74 Å². The van der Waals surface area contributed by atoms with Crippen LogP contribution in [0.1, 0.15) is 25.0 Å². The maximum Gasteiger partial charge on any atom is 0.260 e. The normalized spacial score (nSPS) is 13.9. The average molecular weight is 351 g/mol. The third-order valence-electron chi connectivity index (χ3n) is 4.87. The van der Waals surface area contributed by atoms with E-state index in [-0.39, 0.29) is 11.5 Å². The highest BCUT2D eigenvalue weighted by Gasteiger charge is 2.22. The number of hydrogen-bond acceptors (Lipinski definition) is 6. The Bertz CT molecular complexity index is 1020. The molecule has 7 heteroatoms. The van der Waals surface area contributed by atoms with Crippen molar-refractivity contribution in [3.05, 3.63) is 40.4 Å². The number of rotatable bonds is 5. The highest BCUT2D eigenvalue weighted by Crippen LogP contribution is 2.33. The van der Waals surface area contributed by atoms with Gasteiger partial charge >= 0.3 is 0 Å². The van der Waals surface area contributed by atoms with Gasteiger partial charge in [-0.25, -0.2) is 9.97 Å². The Hall–Kier alpha value is -2.96. The van der Waals surface area contributed by atoms with Gasteiger partial charge < -0.3 is 10.5 Å². The van der Waals surface area contributed by atoms with Crippen molar-refractivity contribution in [1.29, 1.82) is 0 Å². The maximum absolute atomic E-state index is 13.2. The summed E-state index contributed by atoms with van der Waals surface area (Å²) in [5.41, 5.74) is 8.44. The van der Waals surface area contributed by atoms with E-state index in [1.54, 1.807) is 23.9 Å². The van der Waals surface area contributed by atoms with E-state index in [9.17, 15) is 4.79 Å². The molecule has 0 aliphatic heterocycles. The van der Waals surface area contributed by atoms with Gasteiger partial charge in [-0.15, -0.1) is 0 Å². The fourth-order valence-electron chi connectivity index (χ4n) is 3.20. The zero-order valence-corrected chi connectivity index (χ0v) is 14.9. The van der Waals surface area contributed by atoms with E-state index in [0.717, 1.165) is 23.1 Å². The predicted octanol–water partition coefficient (Wildman–Crippen LogP) is 2.55. The molecular weight excluding hydrogens is 330 g/mol. The summed E-state index contributed by atoms with van der Waals surface area (Å²) >= 11 is 0. The van der Waals surface area contributed by atoms with Crippen molar-refractivity contribution in [2.45, 2.75) is 32.7 Å². The molecule has 4 rings (SSSR count). The van der Waals surface area contributed by atoms with E-state index in [1.807, 2.05) is 19.1 Å². The summed E-state index contributed by atoms with van der Waals surface area (Å²) in [6.07, 6.45) is 5.11. The van der Waals surface area contributed by atoms with Crippen LogP contribution in [0, 0.1) is 12.8 Å². The third kappa shape index (κ3) is 3.00. The van der Waals surface area contributed by atoms with Crippen LogP contribution in [0.15, 0.2) is 29.2 Å². The number of pyridine rings is 2. The van der Waals surface area contributed by atoms with Gasteiger partial charge in [0.05, 0.1) is 12.8 Å². The maximum atomic E-state index is 13.2. The standard InChI is InChI=1S/C19H21N5O2/c1-11-14-9-15(13-5-6-16(26-2)21-10-13)18(25)24(8-7-12-3-4-12)17(14)23-19(20)22-11/h5-6,9-10,12H,3-4,7-8H2,1-2H3,(H2,20,22,23). The van der Waals surface area contributed by atoms with Gasteiger partial charge in [0.1, 0.15) is 5.65 Å². The first-order chi connectivity index (χ1) is 12.6. The number of hydrogen-bond donors (Lipinski definition) is 1. The van der Waals surface area contributed by atoms with E-state index in [4.69, 9.17) is 10.5 Å². The molecule has 0 amide bonds. The molecule has 134 valence electrons. The van der Waals surface area contributed by atoms with Gasteiger partial charge in [0.15, 0.2) is 0 Å². The highest BCUT2D eigenvalue weighted by molar-refractivity contribution is 5.83. The molecule has 0 unspecified atom stereocenters. The van der Waals surface area contributed by atoms with E-state index in [1.165, 1.54) is 12.8 Å². The number of fused-ring (bicyclic) bond motifs is 1. The Morgan fingerprint density at radius 3 is 2.77 bits per heavy atom. The van der Waals surface area contributed by atoms with Gasteiger partial charge in [-0.2, -0.15) is 4.98 Å². The molecular formula is C19H21N5O2. The first kappa shape index (κ1) is 16.5. The molecule has 1 saturated carbocycles. The molecule has 0 spiro atoms. The van der Waals surface area contributed by atoms with Crippen molar-refractivity contribution >= 4 is 17.0 Å². The molecule has 0 bridgehead atoms. The SMILES string of the molecule is COc1ccc(-c2cc3c(C)nc(N)nc3n(CCC3CC3)c2=O)cn1. The molecule has 2 N–H and O–H groups in total. The molecule has 0 radical (unpaired) electrons. The van der Waals surface area contributed by atoms with Gasteiger partial charge in [-0.05, 0) is 31.4 Å². The van der Waals surface area contributed by atoms with Crippen LogP contribution in [-0.4, -0.2) is 26.6 Å². The molecule has 26 heavy (non-hydrogen) atoms. The lowest BCUT2D eigenvalue weighted by Crippen LogP contribution is -2.24. The van der Waals surface area contributed by atoms with Crippen molar-refractivity contribution in [2.24, 2.45) is 5.92 Å². The number of nitrogens with two attached hydrogens (primary N) is 1. The number of aromatic nitrogens is 4. The largest absolute Gasteiger partial charge is 0.481 e. The monoisotopic (exact) mass is 351 g/mol. The minimum absolute atomic E-state index is 0.0809. The molecule has 3 aromatic heterocycles. The van der Waals surface area contributed by atoms with Crippen LogP contribution < -0.4 is 16.0 Å². The highest BCUT2D eigenvalue weighted by atomic mass is 16.5. The predicted molar refractivity (Wildman–Crippen MR) is 100 cm³/mol. The Kier molecular flexibility index (Phi) is 4.06. The van der Waals surface area contributed by atoms with E-state index < -0.39 is 0 Å². The van der Waals surface area contributed by atoms with Crippen LogP contribution in [0.3, 0.4) is 0 Å². The molecule has 0 aromatic carbocycles. The Morgan fingerprint density at radius 1 is 1.31 bits per heavy atom. The Balaban J connectivity index is 1.91. The summed E-state index contributed by atoms with van der Waals surface area (Å²) < 4.78 is 6.84. The number of anilines is 1. The van der Waals surface area contributed by atoms with Gasteiger partial charge in [0.25, 0.3) is 5.56 Å². The lowest BCUT2D eigenvalue weighted by Gasteiger charge is -2.14. The van der Waals surface area contributed by atoms with Crippen LogP contribution in [0.4, 0.5) is 5.95 Å². The van der Waals surface area contributed by atoms with Crippen LogP contribution in [0.2, 0.25) is 0 Å². The summed E-state index contributed by atoms with van der Waals surface area (Å²) in [6.45, 7) is 2.51. The summed E-state index contributed by atoms with van der Waals surface area (Å²) in [5.74, 6) is 1.41. The van der Waals surface area contributed by atoms with Gasteiger partial charge in [0.2, 0.25) is 11.8 Å². The average Bonchev–Trinajstić information content (AvgIpc) is 3.45. The minimum Gasteiger partial charge on any atom is -0.481 e. The van der Waals surface area contributed by atoms with Gasteiger partial charge in [-0.1, -0.05) is 12.8 Å². The van der Waals surface area contributed by atoms with Crippen LogP contribution in [-0.2, 0) is 6.54 Å². The second-order valence-electron chi connectivity index (χ2n) is 6.74. The van der Waals surface area contributed by atoms with Crippen LogP contribution >= 0.6 is 0 Å². The number of methoxy groups -OCH3 is 1. The molecule has 0 atom stereocenters. The smallest absolute Gasteiger partial charge is 0.260 e. The van der Waals surface area contributed by atoms with Crippen molar-refractivity contribution in [2.75, 3.05) is 12.8 Å². The van der Waals surface area contributed by atoms with Crippen LogP contribution in [0.25, 0.3) is 22.2 Å². The molecule has 1 aliphatic carbocycles. The first-order valence-corrected chi connectivity index (χ1v) is 8.75. The molecule has 7 nitrogen and oxygen atoms in total.